The van der Waals surface area contributed by atoms with E-state index in [1.165, 1.54) is 13.8 Å². The number of halogens is 2. The summed E-state index contributed by atoms with van der Waals surface area (Å²) in [5.41, 5.74) is -2.15. The van der Waals surface area contributed by atoms with Gasteiger partial charge in [-0.15, -0.1) is 0 Å². The molecule has 1 saturated heterocycles. The summed E-state index contributed by atoms with van der Waals surface area (Å²) in [6.07, 6.45) is -5.26. The average molecular weight is 647 g/mol. The summed E-state index contributed by atoms with van der Waals surface area (Å²) < 4.78 is 57.9. The first-order valence-electron chi connectivity index (χ1n) is 14.9. The first kappa shape index (κ1) is 37.4. The van der Waals surface area contributed by atoms with Crippen molar-refractivity contribution in [2.75, 3.05) is 11.9 Å². The van der Waals surface area contributed by atoms with Crippen LogP contribution in [0.5, 0.6) is 0 Å². The first-order chi connectivity index (χ1) is 20.9. The zero-order chi connectivity index (χ0) is 34.1. The standard InChI is InChI=1S/C29H44F2N4O10/c1-9-11-12-15-41-26(39)33-18-13-14-35(25(38)32-18)24-29(30,31)20(42-21(36)16(3)4)23(44-24)43-22(37)19(17(5)10-2)34-27(40)45-28(6,7)8/h13-14,16-17,19-20,23-24H,9-12,15H2,1-8H3,(H,34,40)(H,32,33,38,39)/t17?,19-,20+,23-,24+/m0/s1. The second kappa shape index (κ2) is 16.0. The highest BCUT2D eigenvalue weighted by atomic mass is 19.3. The molecule has 0 spiro atoms. The quantitative estimate of drug-likeness (QED) is 0.175. The van der Waals surface area contributed by atoms with Crippen molar-refractivity contribution in [2.24, 2.45) is 11.8 Å². The van der Waals surface area contributed by atoms with E-state index in [1.54, 1.807) is 34.6 Å². The maximum atomic E-state index is 15.8. The molecule has 0 aromatic carbocycles. The number of nitrogens with zero attached hydrogens (tertiary/aromatic N) is 2. The minimum Gasteiger partial charge on any atom is -0.449 e. The molecule has 0 bridgehead atoms. The molecule has 0 radical (unpaired) electrons. The van der Waals surface area contributed by atoms with Gasteiger partial charge >= 0.3 is 35.7 Å². The van der Waals surface area contributed by atoms with Crippen molar-refractivity contribution in [1.82, 2.24) is 14.9 Å². The van der Waals surface area contributed by atoms with Gasteiger partial charge in [-0.25, -0.2) is 19.2 Å². The topological polar surface area (TPSA) is 173 Å². The van der Waals surface area contributed by atoms with Gasteiger partial charge in [-0.05, 0) is 39.2 Å². The third kappa shape index (κ3) is 10.6. The van der Waals surface area contributed by atoms with Crippen LogP contribution < -0.4 is 16.3 Å². The molecule has 1 aliphatic heterocycles. The molecular formula is C29H44F2N4O10. The molecule has 254 valence electrons. The molecule has 0 aliphatic carbocycles. The van der Waals surface area contributed by atoms with Crippen molar-refractivity contribution in [3.8, 4) is 0 Å². The third-order valence-electron chi connectivity index (χ3n) is 6.60. The van der Waals surface area contributed by atoms with Crippen molar-refractivity contribution >= 4 is 29.9 Å². The number of alkyl halides is 2. The van der Waals surface area contributed by atoms with E-state index in [9.17, 15) is 24.0 Å². The SMILES string of the molecule is CCCCCOC(=O)Nc1ccn([C@@H]2O[C@H](OC(=O)[C@@H](NC(=O)OC(C)(C)C)C(C)CC)[C@@H](OC(=O)C(C)C)C2(F)F)c(=O)n1. The van der Waals surface area contributed by atoms with E-state index >= 15 is 8.78 Å². The highest BCUT2D eigenvalue weighted by molar-refractivity contribution is 5.83. The zero-order valence-electron chi connectivity index (χ0n) is 26.9. The number of alkyl carbamates (subject to hydrolysis) is 1. The fourth-order valence-electron chi connectivity index (χ4n) is 3.96. The summed E-state index contributed by atoms with van der Waals surface area (Å²) in [5.74, 6) is -7.96. The van der Waals surface area contributed by atoms with Crippen LogP contribution in [0.25, 0.3) is 0 Å². The Kier molecular flexibility index (Phi) is 13.2. The van der Waals surface area contributed by atoms with Crippen LogP contribution in [0.15, 0.2) is 17.1 Å². The van der Waals surface area contributed by atoms with E-state index in [2.05, 4.69) is 15.6 Å². The van der Waals surface area contributed by atoms with Crippen LogP contribution in [0.2, 0.25) is 0 Å². The molecule has 2 rings (SSSR count). The monoisotopic (exact) mass is 646 g/mol. The fourth-order valence-corrected chi connectivity index (χ4v) is 3.96. The van der Waals surface area contributed by atoms with E-state index in [0.29, 0.717) is 17.4 Å². The van der Waals surface area contributed by atoms with Gasteiger partial charge in [-0.2, -0.15) is 13.8 Å². The Morgan fingerprint density at radius 3 is 2.29 bits per heavy atom. The van der Waals surface area contributed by atoms with Crippen molar-refractivity contribution in [3.63, 3.8) is 0 Å². The summed E-state index contributed by atoms with van der Waals surface area (Å²) in [6.45, 7) is 13.1. The zero-order valence-corrected chi connectivity index (χ0v) is 26.9. The van der Waals surface area contributed by atoms with Gasteiger partial charge in [0.2, 0.25) is 18.6 Å². The first-order valence-corrected chi connectivity index (χ1v) is 14.9. The van der Waals surface area contributed by atoms with Gasteiger partial charge in [0.1, 0.15) is 17.5 Å². The lowest BCUT2D eigenvalue weighted by atomic mass is 9.99. The maximum Gasteiger partial charge on any atom is 0.412 e. The Labute approximate surface area is 260 Å². The Hall–Kier alpha value is -3.82. The molecule has 1 fully saturated rings. The van der Waals surface area contributed by atoms with Gasteiger partial charge in [0.05, 0.1) is 12.5 Å². The van der Waals surface area contributed by atoms with E-state index in [4.69, 9.17) is 23.7 Å². The van der Waals surface area contributed by atoms with Crippen molar-refractivity contribution in [3.05, 3.63) is 22.7 Å². The largest absolute Gasteiger partial charge is 0.449 e. The Morgan fingerprint density at radius 1 is 1.07 bits per heavy atom. The predicted molar refractivity (Wildman–Crippen MR) is 155 cm³/mol. The van der Waals surface area contributed by atoms with Gasteiger partial charge < -0.3 is 29.0 Å². The van der Waals surface area contributed by atoms with Crippen LogP contribution in [0.1, 0.15) is 87.3 Å². The molecule has 1 unspecified atom stereocenters. The number of hydrogen-bond donors (Lipinski definition) is 2. The maximum absolute atomic E-state index is 15.8. The summed E-state index contributed by atoms with van der Waals surface area (Å²) >= 11 is 0. The second-order valence-corrected chi connectivity index (χ2v) is 12.0. The number of aromatic nitrogens is 2. The van der Waals surface area contributed by atoms with Gasteiger partial charge in [-0.3, -0.25) is 14.7 Å². The number of hydrogen-bond acceptors (Lipinski definition) is 11. The molecule has 2 amide bonds. The van der Waals surface area contributed by atoms with Gasteiger partial charge in [0.15, 0.2) is 0 Å². The van der Waals surface area contributed by atoms with Crippen LogP contribution >= 0.6 is 0 Å². The van der Waals surface area contributed by atoms with Crippen LogP contribution in [0.4, 0.5) is 24.2 Å². The molecule has 2 N–H and O–H groups in total. The van der Waals surface area contributed by atoms with Gasteiger partial charge in [0.25, 0.3) is 0 Å². The number of unbranched alkanes of at least 4 members (excludes halogenated alkanes) is 2. The van der Waals surface area contributed by atoms with Gasteiger partial charge in [-0.1, -0.05) is 53.9 Å². The molecule has 14 nitrogen and oxygen atoms in total. The van der Waals surface area contributed by atoms with E-state index < -0.39 is 77.8 Å². The van der Waals surface area contributed by atoms with Crippen LogP contribution in [0, 0.1) is 11.8 Å². The minimum atomic E-state index is -4.11. The molecular weight excluding hydrogens is 602 g/mol. The Bertz CT molecular complexity index is 1250. The highest BCUT2D eigenvalue weighted by Crippen LogP contribution is 2.44. The lowest BCUT2D eigenvalue weighted by Crippen LogP contribution is -2.50. The van der Waals surface area contributed by atoms with Crippen molar-refractivity contribution < 1.29 is 51.6 Å². The molecule has 1 aromatic rings. The minimum absolute atomic E-state index is 0.140. The summed E-state index contributed by atoms with van der Waals surface area (Å²) in [4.78, 5) is 66.5. The van der Waals surface area contributed by atoms with E-state index in [-0.39, 0.29) is 12.4 Å². The lowest BCUT2D eigenvalue weighted by Gasteiger charge is -2.28. The number of nitrogens with one attached hydrogen (secondary N) is 2. The smallest absolute Gasteiger partial charge is 0.412 e. The number of rotatable bonds is 13. The average Bonchev–Trinajstić information content (AvgIpc) is 3.16. The fraction of sp³-hybridized carbons (Fsp3) is 0.724. The number of esters is 2. The molecule has 45 heavy (non-hydrogen) atoms. The van der Waals surface area contributed by atoms with Crippen molar-refractivity contribution in [2.45, 2.75) is 117 Å². The molecule has 2 heterocycles. The number of amides is 2. The van der Waals surface area contributed by atoms with E-state index in [0.717, 1.165) is 25.1 Å². The number of carbonyl (C=O) groups is 4. The Balaban J connectivity index is 2.34. The predicted octanol–water partition coefficient (Wildman–Crippen LogP) is 4.52. The summed E-state index contributed by atoms with van der Waals surface area (Å²) in [6, 6.07) is -0.286. The molecule has 5 atom stereocenters. The number of ether oxygens (including phenoxy) is 5. The van der Waals surface area contributed by atoms with E-state index in [1.807, 2.05) is 6.92 Å². The highest BCUT2D eigenvalue weighted by Gasteiger charge is 2.64. The number of carbonyl (C=O) groups excluding carboxylic acids is 4. The van der Waals surface area contributed by atoms with Crippen molar-refractivity contribution in [1.29, 1.82) is 0 Å². The molecule has 1 aliphatic rings. The molecule has 0 saturated carbocycles. The molecule has 1 aromatic heterocycles. The Morgan fingerprint density at radius 2 is 1.73 bits per heavy atom. The molecule has 16 heteroatoms. The third-order valence-corrected chi connectivity index (χ3v) is 6.60. The lowest BCUT2D eigenvalue weighted by molar-refractivity contribution is -0.205. The van der Waals surface area contributed by atoms with Crippen LogP contribution in [0.3, 0.4) is 0 Å². The van der Waals surface area contributed by atoms with Crippen LogP contribution in [-0.2, 0) is 33.3 Å². The summed E-state index contributed by atoms with van der Waals surface area (Å²) in [7, 11) is 0. The second-order valence-electron chi connectivity index (χ2n) is 12.0. The normalized spacial score (nSPS) is 20.6. The van der Waals surface area contributed by atoms with Gasteiger partial charge in [0, 0.05) is 6.20 Å². The number of anilines is 1. The summed E-state index contributed by atoms with van der Waals surface area (Å²) in [5, 5.41) is 4.63. The van der Waals surface area contributed by atoms with Crippen LogP contribution in [-0.4, -0.2) is 70.2 Å².